The van der Waals surface area contributed by atoms with Gasteiger partial charge in [-0.25, -0.2) is 0 Å². The minimum atomic E-state index is 0.425. The fourth-order valence-corrected chi connectivity index (χ4v) is 1.97. The van der Waals surface area contributed by atoms with Gasteiger partial charge < -0.3 is 9.80 Å². The lowest BCUT2D eigenvalue weighted by Gasteiger charge is -2.39. The number of piperazine rings is 1. The first-order valence-corrected chi connectivity index (χ1v) is 5.57. The highest BCUT2D eigenvalue weighted by atomic mass is 15.3. The molecule has 0 aliphatic carbocycles. The van der Waals surface area contributed by atoms with Gasteiger partial charge in [0.2, 0.25) is 0 Å². The van der Waals surface area contributed by atoms with Gasteiger partial charge in [0.05, 0.1) is 12.5 Å². The van der Waals surface area contributed by atoms with Crippen LogP contribution in [-0.4, -0.2) is 74.6 Å². The molecule has 1 fully saturated rings. The van der Waals surface area contributed by atoms with Crippen LogP contribution in [0.4, 0.5) is 0 Å². The Hall–Kier alpha value is -0.630. The van der Waals surface area contributed by atoms with Gasteiger partial charge in [0.25, 0.3) is 0 Å². The van der Waals surface area contributed by atoms with Crippen LogP contribution in [0.2, 0.25) is 0 Å². The smallest absolute Gasteiger partial charge is 0.0638 e. The van der Waals surface area contributed by atoms with E-state index in [4.69, 9.17) is 5.26 Å². The van der Waals surface area contributed by atoms with E-state index in [2.05, 4.69) is 41.9 Å². The van der Waals surface area contributed by atoms with E-state index in [1.54, 1.807) is 0 Å². The third-order valence-corrected chi connectivity index (χ3v) is 2.97. The second-order valence-corrected chi connectivity index (χ2v) is 4.62. The predicted octanol–water partition coefficient (Wildman–Crippen LogP) is 0.0777. The lowest BCUT2D eigenvalue weighted by Crippen LogP contribution is -2.53. The maximum atomic E-state index is 8.79. The highest BCUT2D eigenvalue weighted by molar-refractivity contribution is 4.88. The molecule has 86 valence electrons. The van der Waals surface area contributed by atoms with Gasteiger partial charge in [0.1, 0.15) is 0 Å². The summed E-state index contributed by atoms with van der Waals surface area (Å²) in [6, 6.07) is 2.72. The van der Waals surface area contributed by atoms with Gasteiger partial charge in [-0.15, -0.1) is 0 Å². The average molecular weight is 210 g/mol. The van der Waals surface area contributed by atoms with Gasteiger partial charge in [-0.05, 0) is 21.1 Å². The molecule has 0 aromatic rings. The summed E-state index contributed by atoms with van der Waals surface area (Å²) in [6.07, 6.45) is 0.651. The van der Waals surface area contributed by atoms with Crippen LogP contribution in [0.3, 0.4) is 0 Å². The molecule has 1 rings (SSSR count). The van der Waals surface area contributed by atoms with Crippen LogP contribution in [0.25, 0.3) is 0 Å². The summed E-state index contributed by atoms with van der Waals surface area (Å²) in [6.45, 7) is 5.39. The molecule has 0 aromatic heterocycles. The lowest BCUT2D eigenvalue weighted by atomic mass is 10.1. The van der Waals surface area contributed by atoms with E-state index in [-0.39, 0.29) is 0 Å². The molecule has 1 atom stereocenters. The van der Waals surface area contributed by atoms with Gasteiger partial charge in [0, 0.05) is 38.8 Å². The van der Waals surface area contributed by atoms with Gasteiger partial charge in [-0.2, -0.15) is 5.26 Å². The zero-order chi connectivity index (χ0) is 11.3. The Kier molecular flexibility index (Phi) is 5.03. The molecule has 0 bridgehead atoms. The van der Waals surface area contributed by atoms with Crippen molar-refractivity contribution in [3.8, 4) is 6.07 Å². The number of nitrogens with zero attached hydrogens (tertiary/aromatic N) is 4. The maximum absolute atomic E-state index is 8.79. The van der Waals surface area contributed by atoms with E-state index >= 15 is 0 Å². The van der Waals surface area contributed by atoms with E-state index in [1.807, 2.05) is 0 Å². The van der Waals surface area contributed by atoms with Crippen molar-refractivity contribution in [2.75, 3.05) is 53.9 Å². The van der Waals surface area contributed by atoms with Crippen molar-refractivity contribution < 1.29 is 0 Å². The highest BCUT2D eigenvalue weighted by Gasteiger charge is 2.24. The summed E-state index contributed by atoms with van der Waals surface area (Å²) >= 11 is 0. The number of rotatable bonds is 4. The molecule has 0 radical (unpaired) electrons. The van der Waals surface area contributed by atoms with Crippen LogP contribution in [0, 0.1) is 11.3 Å². The molecule has 0 amide bonds. The molecule has 15 heavy (non-hydrogen) atoms. The molecule has 1 unspecified atom stereocenters. The van der Waals surface area contributed by atoms with E-state index in [0.717, 1.165) is 32.7 Å². The Bertz CT molecular complexity index is 221. The maximum Gasteiger partial charge on any atom is 0.0638 e. The Balaban J connectivity index is 2.42. The van der Waals surface area contributed by atoms with Crippen LogP contribution in [0.1, 0.15) is 6.42 Å². The Labute approximate surface area is 93.1 Å². The van der Waals surface area contributed by atoms with Crippen LogP contribution in [0.5, 0.6) is 0 Å². The normalized spacial score (nSPS) is 24.3. The average Bonchev–Trinajstić information content (AvgIpc) is 2.17. The molecular weight excluding hydrogens is 188 g/mol. The monoisotopic (exact) mass is 210 g/mol. The first-order valence-electron chi connectivity index (χ1n) is 5.57. The minimum absolute atomic E-state index is 0.425. The van der Waals surface area contributed by atoms with Gasteiger partial charge >= 0.3 is 0 Å². The first-order chi connectivity index (χ1) is 7.13. The third-order valence-electron chi connectivity index (χ3n) is 2.97. The Morgan fingerprint density at radius 2 is 2.13 bits per heavy atom. The summed E-state index contributed by atoms with van der Waals surface area (Å²) in [4.78, 5) is 6.96. The molecule has 1 saturated heterocycles. The zero-order valence-electron chi connectivity index (χ0n) is 10.1. The van der Waals surface area contributed by atoms with Crippen molar-refractivity contribution in [3.05, 3.63) is 0 Å². The molecule has 0 N–H and O–H groups in total. The van der Waals surface area contributed by atoms with E-state index in [1.165, 1.54) is 0 Å². The van der Waals surface area contributed by atoms with Crippen molar-refractivity contribution in [1.29, 1.82) is 5.26 Å². The van der Waals surface area contributed by atoms with Crippen molar-refractivity contribution in [2.45, 2.75) is 12.5 Å². The molecule has 1 aliphatic heterocycles. The third kappa shape index (κ3) is 4.17. The second-order valence-electron chi connectivity index (χ2n) is 4.62. The molecule has 0 saturated carbocycles. The first kappa shape index (κ1) is 12.4. The second kappa shape index (κ2) is 6.06. The summed E-state index contributed by atoms with van der Waals surface area (Å²) in [5.41, 5.74) is 0. The van der Waals surface area contributed by atoms with E-state index in [9.17, 15) is 0 Å². The predicted molar refractivity (Wildman–Crippen MR) is 61.6 cm³/mol. The van der Waals surface area contributed by atoms with Crippen LogP contribution >= 0.6 is 0 Å². The number of nitriles is 1. The molecule has 4 heteroatoms. The topological polar surface area (TPSA) is 33.5 Å². The van der Waals surface area contributed by atoms with Crippen molar-refractivity contribution in [3.63, 3.8) is 0 Å². The van der Waals surface area contributed by atoms with Crippen LogP contribution < -0.4 is 0 Å². The largest absolute Gasteiger partial charge is 0.308 e. The summed E-state index contributed by atoms with van der Waals surface area (Å²) in [5, 5.41) is 8.79. The van der Waals surface area contributed by atoms with Crippen LogP contribution in [0.15, 0.2) is 0 Å². The molecule has 0 spiro atoms. The van der Waals surface area contributed by atoms with Gasteiger partial charge in [-0.1, -0.05) is 0 Å². The number of hydrogen-bond donors (Lipinski definition) is 0. The zero-order valence-corrected chi connectivity index (χ0v) is 10.1. The van der Waals surface area contributed by atoms with E-state index < -0.39 is 0 Å². The van der Waals surface area contributed by atoms with Crippen molar-refractivity contribution >= 4 is 0 Å². The molecule has 1 heterocycles. The van der Waals surface area contributed by atoms with Crippen molar-refractivity contribution in [1.82, 2.24) is 14.7 Å². The number of hydrogen-bond acceptors (Lipinski definition) is 4. The molecule has 1 aliphatic rings. The Morgan fingerprint density at radius 1 is 1.40 bits per heavy atom. The molecular formula is C11H22N4. The van der Waals surface area contributed by atoms with Crippen molar-refractivity contribution in [2.24, 2.45) is 0 Å². The fraction of sp³-hybridized carbons (Fsp3) is 0.909. The molecule has 4 nitrogen and oxygen atoms in total. The highest BCUT2D eigenvalue weighted by Crippen LogP contribution is 2.10. The number of likely N-dealkylation sites (N-methyl/N-ethyl adjacent to an activating group) is 2. The van der Waals surface area contributed by atoms with Crippen LogP contribution in [-0.2, 0) is 0 Å². The lowest BCUT2D eigenvalue weighted by molar-refractivity contribution is 0.0861. The minimum Gasteiger partial charge on any atom is -0.308 e. The van der Waals surface area contributed by atoms with Gasteiger partial charge in [-0.3, -0.25) is 4.90 Å². The summed E-state index contributed by atoms with van der Waals surface area (Å²) in [5.74, 6) is 0. The summed E-state index contributed by atoms with van der Waals surface area (Å²) < 4.78 is 0. The molecule has 0 aromatic carbocycles. The fourth-order valence-electron chi connectivity index (χ4n) is 1.97. The summed E-state index contributed by atoms with van der Waals surface area (Å²) in [7, 11) is 6.32. The Morgan fingerprint density at radius 3 is 2.73 bits per heavy atom. The van der Waals surface area contributed by atoms with E-state index in [0.29, 0.717) is 12.5 Å². The van der Waals surface area contributed by atoms with Gasteiger partial charge in [0.15, 0.2) is 0 Å². The SMILES string of the molecule is CN(C)CCN1CCN(C)CC1CC#N. The quantitative estimate of drug-likeness (QED) is 0.658. The standard InChI is InChI=1S/C11H22N4/c1-13(2)6-8-15-9-7-14(3)10-11(15)4-5-12/h11H,4,6-10H2,1-3H3.